The molecule has 0 radical (unpaired) electrons. The molecule has 6 heteroatoms. The van der Waals surface area contributed by atoms with Crippen LogP contribution in [0.15, 0.2) is 0 Å². The maximum absolute atomic E-state index is 12.0. The molecule has 0 saturated carbocycles. The van der Waals surface area contributed by atoms with E-state index < -0.39 is 0 Å². The zero-order chi connectivity index (χ0) is 14.7. The van der Waals surface area contributed by atoms with Crippen LogP contribution in [0.2, 0.25) is 0 Å². The van der Waals surface area contributed by atoms with E-state index in [4.69, 9.17) is 0 Å². The van der Waals surface area contributed by atoms with Crippen LogP contribution in [0.1, 0.15) is 30.9 Å². The van der Waals surface area contributed by atoms with Crippen molar-refractivity contribution >= 4 is 11.8 Å². The van der Waals surface area contributed by atoms with E-state index in [0.717, 1.165) is 35.9 Å². The van der Waals surface area contributed by atoms with Crippen molar-refractivity contribution in [3.05, 3.63) is 17.1 Å². The molecule has 6 nitrogen and oxygen atoms in total. The van der Waals surface area contributed by atoms with Crippen molar-refractivity contribution in [1.29, 1.82) is 0 Å². The molecule has 1 aliphatic heterocycles. The fourth-order valence-corrected chi connectivity index (χ4v) is 2.42. The van der Waals surface area contributed by atoms with Crippen LogP contribution in [0.5, 0.6) is 0 Å². The Morgan fingerprint density at radius 2 is 2.15 bits per heavy atom. The second kappa shape index (κ2) is 6.07. The summed E-state index contributed by atoms with van der Waals surface area (Å²) in [5, 5.41) is 2.85. The number of anilines is 1. The molecule has 2 amide bonds. The Balaban J connectivity index is 2.31. The number of hydrogen-bond acceptors (Lipinski definition) is 4. The minimum absolute atomic E-state index is 0.0103. The van der Waals surface area contributed by atoms with Crippen molar-refractivity contribution in [1.82, 2.24) is 20.2 Å². The summed E-state index contributed by atoms with van der Waals surface area (Å²) >= 11 is 0. The van der Waals surface area contributed by atoms with E-state index in [0.29, 0.717) is 19.6 Å². The molecule has 0 atom stereocenters. The van der Waals surface area contributed by atoms with E-state index in [1.54, 1.807) is 0 Å². The van der Waals surface area contributed by atoms with Crippen molar-refractivity contribution in [2.75, 3.05) is 31.6 Å². The third-order valence-corrected chi connectivity index (χ3v) is 3.60. The van der Waals surface area contributed by atoms with Crippen LogP contribution in [0.25, 0.3) is 0 Å². The first kappa shape index (κ1) is 14.6. The van der Waals surface area contributed by atoms with Crippen LogP contribution < -0.4 is 10.2 Å². The van der Waals surface area contributed by atoms with Crippen LogP contribution >= 0.6 is 0 Å². The summed E-state index contributed by atoms with van der Waals surface area (Å²) in [5.41, 5.74) is 2.16. The second-order valence-electron chi connectivity index (χ2n) is 5.04. The Labute approximate surface area is 120 Å². The lowest BCUT2D eigenvalue weighted by Gasteiger charge is -2.31. The van der Waals surface area contributed by atoms with E-state index in [9.17, 15) is 4.79 Å². The number of fused-ring (bicyclic) bond motifs is 1. The Kier molecular flexibility index (Phi) is 4.42. The minimum Gasteiger partial charge on any atom is -0.360 e. The predicted molar refractivity (Wildman–Crippen MR) is 78.9 cm³/mol. The monoisotopic (exact) mass is 277 g/mol. The zero-order valence-electron chi connectivity index (χ0n) is 12.7. The molecule has 0 bridgehead atoms. The number of nitrogens with zero attached hydrogens (tertiary/aromatic N) is 4. The molecular weight excluding hydrogens is 254 g/mol. The molecule has 0 unspecified atom stereocenters. The molecule has 0 spiro atoms. The molecule has 0 aliphatic carbocycles. The van der Waals surface area contributed by atoms with Gasteiger partial charge < -0.3 is 15.1 Å². The highest BCUT2D eigenvalue weighted by molar-refractivity contribution is 5.74. The van der Waals surface area contributed by atoms with Gasteiger partial charge in [0.05, 0.1) is 12.2 Å². The Morgan fingerprint density at radius 3 is 2.80 bits per heavy atom. The molecule has 0 saturated heterocycles. The highest BCUT2D eigenvalue weighted by Crippen LogP contribution is 2.25. The van der Waals surface area contributed by atoms with Gasteiger partial charge in [-0.3, -0.25) is 0 Å². The Bertz CT molecular complexity index is 503. The fourth-order valence-electron chi connectivity index (χ4n) is 2.42. The van der Waals surface area contributed by atoms with Gasteiger partial charge in [0.1, 0.15) is 11.6 Å². The van der Waals surface area contributed by atoms with Crippen molar-refractivity contribution in [3.63, 3.8) is 0 Å². The number of nitrogens with one attached hydrogen (secondary N) is 1. The maximum atomic E-state index is 12.0. The lowest BCUT2D eigenvalue weighted by molar-refractivity contribution is 0.192. The molecule has 20 heavy (non-hydrogen) atoms. The predicted octanol–water partition coefficient (Wildman–Crippen LogP) is 1.33. The van der Waals surface area contributed by atoms with Gasteiger partial charge in [0.2, 0.25) is 0 Å². The summed E-state index contributed by atoms with van der Waals surface area (Å²) in [5.74, 6) is 1.74. The molecule has 1 aliphatic rings. The number of aryl methyl sites for hydroxylation is 1. The fraction of sp³-hybridized carbons (Fsp3) is 0.643. The average molecular weight is 277 g/mol. The Morgan fingerprint density at radius 1 is 1.40 bits per heavy atom. The first-order chi connectivity index (χ1) is 9.56. The standard InChI is InChI=1S/C14H23N5O/c1-5-15-14(20)19-8-7-12-11(9-19)13(18(4)6-2)17-10(3)16-12/h5-9H2,1-4H3,(H,15,20). The Hall–Kier alpha value is -1.85. The van der Waals surface area contributed by atoms with Gasteiger partial charge in [-0.05, 0) is 20.8 Å². The van der Waals surface area contributed by atoms with E-state index in [2.05, 4.69) is 27.1 Å². The van der Waals surface area contributed by atoms with Gasteiger partial charge in [0, 0.05) is 38.7 Å². The minimum atomic E-state index is -0.0103. The average Bonchev–Trinajstić information content (AvgIpc) is 2.45. The van der Waals surface area contributed by atoms with Crippen LogP contribution in [-0.4, -0.2) is 47.6 Å². The zero-order valence-corrected chi connectivity index (χ0v) is 12.7. The third-order valence-electron chi connectivity index (χ3n) is 3.60. The highest BCUT2D eigenvalue weighted by Gasteiger charge is 2.25. The van der Waals surface area contributed by atoms with Gasteiger partial charge in [0.15, 0.2) is 0 Å². The molecule has 0 fully saturated rings. The van der Waals surface area contributed by atoms with Gasteiger partial charge in [0.25, 0.3) is 0 Å². The second-order valence-corrected chi connectivity index (χ2v) is 5.04. The number of aromatic nitrogens is 2. The van der Waals surface area contributed by atoms with Gasteiger partial charge in [-0.15, -0.1) is 0 Å². The summed E-state index contributed by atoms with van der Waals surface area (Å²) in [6, 6.07) is -0.0103. The van der Waals surface area contributed by atoms with Gasteiger partial charge in [-0.25, -0.2) is 14.8 Å². The van der Waals surface area contributed by atoms with Crippen molar-refractivity contribution in [2.45, 2.75) is 33.7 Å². The SMILES string of the molecule is CCNC(=O)N1CCc2nc(C)nc(N(C)CC)c2C1. The van der Waals surface area contributed by atoms with Crippen LogP contribution in [-0.2, 0) is 13.0 Å². The smallest absolute Gasteiger partial charge is 0.317 e. The summed E-state index contributed by atoms with van der Waals surface area (Å²) in [6.45, 7) is 8.76. The van der Waals surface area contributed by atoms with Crippen LogP contribution in [0, 0.1) is 6.92 Å². The first-order valence-corrected chi connectivity index (χ1v) is 7.17. The lowest BCUT2D eigenvalue weighted by Crippen LogP contribution is -2.43. The quantitative estimate of drug-likeness (QED) is 0.905. The van der Waals surface area contributed by atoms with Crippen LogP contribution in [0.3, 0.4) is 0 Å². The molecule has 1 aromatic rings. The van der Waals surface area contributed by atoms with Gasteiger partial charge >= 0.3 is 6.03 Å². The van der Waals surface area contributed by atoms with Crippen molar-refractivity contribution < 1.29 is 4.79 Å². The van der Waals surface area contributed by atoms with E-state index in [1.807, 2.05) is 25.8 Å². The molecule has 110 valence electrons. The molecule has 2 rings (SSSR count). The van der Waals surface area contributed by atoms with Crippen molar-refractivity contribution in [3.8, 4) is 0 Å². The number of urea groups is 1. The summed E-state index contributed by atoms with van der Waals surface area (Å²) < 4.78 is 0. The highest BCUT2D eigenvalue weighted by atomic mass is 16.2. The number of hydrogen-bond donors (Lipinski definition) is 1. The number of carbonyl (C=O) groups excluding carboxylic acids is 1. The molecule has 2 heterocycles. The van der Waals surface area contributed by atoms with Gasteiger partial charge in [-0.2, -0.15) is 0 Å². The summed E-state index contributed by atoms with van der Waals surface area (Å²) in [6.07, 6.45) is 0.792. The lowest BCUT2D eigenvalue weighted by atomic mass is 10.1. The van der Waals surface area contributed by atoms with Gasteiger partial charge in [-0.1, -0.05) is 0 Å². The van der Waals surface area contributed by atoms with E-state index in [-0.39, 0.29) is 6.03 Å². The molecular formula is C14H23N5O. The third kappa shape index (κ3) is 2.84. The molecule has 1 N–H and O–H groups in total. The molecule has 0 aromatic carbocycles. The molecule has 1 aromatic heterocycles. The largest absolute Gasteiger partial charge is 0.360 e. The number of rotatable bonds is 3. The van der Waals surface area contributed by atoms with Crippen LogP contribution in [0.4, 0.5) is 10.6 Å². The summed E-state index contributed by atoms with van der Waals surface area (Å²) in [4.78, 5) is 25.0. The normalized spacial score (nSPS) is 13.9. The first-order valence-electron chi connectivity index (χ1n) is 7.17. The maximum Gasteiger partial charge on any atom is 0.317 e. The van der Waals surface area contributed by atoms with E-state index >= 15 is 0 Å². The number of amides is 2. The van der Waals surface area contributed by atoms with Crippen molar-refractivity contribution in [2.24, 2.45) is 0 Å². The topological polar surface area (TPSA) is 61.4 Å². The summed E-state index contributed by atoms with van der Waals surface area (Å²) in [7, 11) is 2.02. The number of carbonyl (C=O) groups is 1. The van der Waals surface area contributed by atoms with E-state index in [1.165, 1.54) is 0 Å².